The minimum absolute atomic E-state index is 0.235. The van der Waals surface area contributed by atoms with Crippen molar-refractivity contribution in [2.24, 2.45) is 0 Å². The van der Waals surface area contributed by atoms with Gasteiger partial charge in [-0.2, -0.15) is 0 Å². The van der Waals surface area contributed by atoms with E-state index in [0.29, 0.717) is 23.7 Å². The van der Waals surface area contributed by atoms with Gasteiger partial charge in [-0.3, -0.25) is 0 Å². The van der Waals surface area contributed by atoms with Crippen molar-refractivity contribution in [3.63, 3.8) is 0 Å². The van der Waals surface area contributed by atoms with Crippen LogP contribution in [-0.2, 0) is 25.9 Å². The quantitative estimate of drug-likeness (QED) is 0.773. The minimum atomic E-state index is -3.30. The fraction of sp³-hybridized carbons (Fsp3) is 0.500. The number of rotatable bonds is 7. The molecule has 0 spiro atoms. The first-order valence-corrected chi connectivity index (χ1v) is 7.90. The summed E-state index contributed by atoms with van der Waals surface area (Å²) in [5.74, 6) is 0. The standard InChI is InChI=1S/C12H18ClNO4S/c1-17-12(18-2)8-14-7-9-10(13)5-4-6-11(9)19(3,15)16/h4-6,12,14H,7-8H2,1-3H3. The summed E-state index contributed by atoms with van der Waals surface area (Å²) in [4.78, 5) is 0.235. The molecule has 0 aliphatic heterocycles. The Morgan fingerprint density at radius 1 is 1.32 bits per heavy atom. The summed E-state index contributed by atoms with van der Waals surface area (Å²) in [7, 11) is -0.235. The molecule has 0 atom stereocenters. The van der Waals surface area contributed by atoms with Crippen molar-refractivity contribution in [1.29, 1.82) is 0 Å². The van der Waals surface area contributed by atoms with Crippen LogP contribution in [0, 0.1) is 0 Å². The molecule has 0 amide bonds. The maximum atomic E-state index is 11.7. The Morgan fingerprint density at radius 3 is 2.47 bits per heavy atom. The number of methoxy groups -OCH3 is 2. The lowest BCUT2D eigenvalue weighted by Crippen LogP contribution is -2.29. The van der Waals surface area contributed by atoms with Crippen LogP contribution in [0.2, 0.25) is 5.02 Å². The number of halogens is 1. The minimum Gasteiger partial charge on any atom is -0.355 e. The number of sulfone groups is 1. The molecule has 0 unspecified atom stereocenters. The summed E-state index contributed by atoms with van der Waals surface area (Å²) in [6.45, 7) is 0.757. The molecule has 1 N–H and O–H groups in total. The molecule has 108 valence electrons. The molecule has 1 aromatic rings. The third-order valence-electron chi connectivity index (χ3n) is 2.61. The molecule has 1 aromatic carbocycles. The van der Waals surface area contributed by atoms with Crippen LogP contribution in [0.5, 0.6) is 0 Å². The average Bonchev–Trinajstić information content (AvgIpc) is 2.35. The molecule has 0 fully saturated rings. The second-order valence-corrected chi connectivity index (χ2v) is 6.41. The smallest absolute Gasteiger partial charge is 0.175 e. The van der Waals surface area contributed by atoms with E-state index >= 15 is 0 Å². The van der Waals surface area contributed by atoms with Gasteiger partial charge in [-0.15, -0.1) is 0 Å². The lowest BCUT2D eigenvalue weighted by Gasteiger charge is -2.15. The summed E-state index contributed by atoms with van der Waals surface area (Å²) in [5.41, 5.74) is 0.553. The van der Waals surface area contributed by atoms with E-state index in [1.807, 2.05) is 0 Å². The van der Waals surface area contributed by atoms with Gasteiger partial charge in [-0.05, 0) is 12.1 Å². The van der Waals surface area contributed by atoms with Crippen LogP contribution < -0.4 is 5.32 Å². The van der Waals surface area contributed by atoms with Crippen LogP contribution in [0.25, 0.3) is 0 Å². The van der Waals surface area contributed by atoms with E-state index < -0.39 is 9.84 Å². The first-order valence-electron chi connectivity index (χ1n) is 5.64. The van der Waals surface area contributed by atoms with Crippen LogP contribution in [0.4, 0.5) is 0 Å². The highest BCUT2D eigenvalue weighted by molar-refractivity contribution is 7.90. The van der Waals surface area contributed by atoms with E-state index in [0.717, 1.165) is 6.26 Å². The Morgan fingerprint density at radius 2 is 1.95 bits per heavy atom. The van der Waals surface area contributed by atoms with Gasteiger partial charge in [0.2, 0.25) is 0 Å². The molecule has 0 saturated carbocycles. The molecule has 0 aliphatic rings. The van der Waals surface area contributed by atoms with Crippen molar-refractivity contribution < 1.29 is 17.9 Å². The predicted molar refractivity (Wildman–Crippen MR) is 74.1 cm³/mol. The highest BCUT2D eigenvalue weighted by Crippen LogP contribution is 2.23. The summed E-state index contributed by atoms with van der Waals surface area (Å²) in [6, 6.07) is 4.83. The van der Waals surface area contributed by atoms with E-state index in [-0.39, 0.29) is 11.2 Å². The largest absolute Gasteiger partial charge is 0.355 e. The molecule has 0 aliphatic carbocycles. The van der Waals surface area contributed by atoms with E-state index in [4.69, 9.17) is 21.1 Å². The number of hydrogen-bond donors (Lipinski definition) is 1. The van der Waals surface area contributed by atoms with Crippen molar-refractivity contribution in [3.05, 3.63) is 28.8 Å². The van der Waals surface area contributed by atoms with E-state index in [9.17, 15) is 8.42 Å². The zero-order valence-electron chi connectivity index (χ0n) is 11.1. The predicted octanol–water partition coefficient (Wildman–Crippen LogP) is 1.45. The molecule has 0 aromatic heterocycles. The molecular weight excluding hydrogens is 290 g/mol. The second kappa shape index (κ2) is 7.21. The van der Waals surface area contributed by atoms with Gasteiger partial charge in [0.25, 0.3) is 0 Å². The van der Waals surface area contributed by atoms with E-state index in [1.165, 1.54) is 14.2 Å². The van der Waals surface area contributed by atoms with Gasteiger partial charge >= 0.3 is 0 Å². The Bertz CT molecular complexity index is 514. The fourth-order valence-electron chi connectivity index (χ4n) is 1.64. The summed E-state index contributed by atoms with van der Waals surface area (Å²) in [5, 5.41) is 3.48. The van der Waals surface area contributed by atoms with Gasteiger partial charge in [0, 0.05) is 44.2 Å². The maximum Gasteiger partial charge on any atom is 0.175 e. The molecule has 7 heteroatoms. The van der Waals surface area contributed by atoms with Gasteiger partial charge in [-0.25, -0.2) is 8.42 Å². The molecular formula is C12H18ClNO4S. The van der Waals surface area contributed by atoms with Crippen LogP contribution in [0.15, 0.2) is 23.1 Å². The molecule has 5 nitrogen and oxygen atoms in total. The first-order chi connectivity index (χ1) is 8.90. The number of benzene rings is 1. The first kappa shape index (κ1) is 16.4. The molecule has 0 heterocycles. The molecule has 1 rings (SSSR count). The lowest BCUT2D eigenvalue weighted by atomic mass is 10.2. The second-order valence-electron chi connectivity index (χ2n) is 4.02. The Hall–Kier alpha value is -0.660. The topological polar surface area (TPSA) is 64.6 Å². The summed E-state index contributed by atoms with van der Waals surface area (Å²) in [6.07, 6.45) is 0.777. The summed E-state index contributed by atoms with van der Waals surface area (Å²) >= 11 is 6.05. The highest BCUT2D eigenvalue weighted by Gasteiger charge is 2.16. The maximum absolute atomic E-state index is 11.7. The van der Waals surface area contributed by atoms with Crippen molar-refractivity contribution in [1.82, 2.24) is 5.32 Å². The van der Waals surface area contributed by atoms with E-state index in [1.54, 1.807) is 18.2 Å². The van der Waals surface area contributed by atoms with Gasteiger partial charge < -0.3 is 14.8 Å². The van der Waals surface area contributed by atoms with Gasteiger partial charge in [0.05, 0.1) is 4.90 Å². The highest BCUT2D eigenvalue weighted by atomic mass is 35.5. The van der Waals surface area contributed by atoms with Crippen molar-refractivity contribution >= 4 is 21.4 Å². The average molecular weight is 308 g/mol. The number of ether oxygens (including phenoxy) is 2. The normalized spacial score (nSPS) is 12.1. The van der Waals surface area contributed by atoms with Crippen molar-refractivity contribution in [2.45, 2.75) is 17.7 Å². The Labute approximate surface area is 118 Å². The van der Waals surface area contributed by atoms with Gasteiger partial charge in [0.15, 0.2) is 16.1 Å². The monoisotopic (exact) mass is 307 g/mol. The Balaban J connectivity index is 2.83. The Kier molecular flexibility index (Phi) is 6.22. The number of nitrogens with one attached hydrogen (secondary N) is 1. The third-order valence-corrected chi connectivity index (χ3v) is 4.15. The zero-order valence-corrected chi connectivity index (χ0v) is 12.7. The SMILES string of the molecule is COC(CNCc1c(Cl)cccc1S(C)(=O)=O)OC. The fourth-order valence-corrected chi connectivity index (χ4v) is 2.89. The van der Waals surface area contributed by atoms with Crippen LogP contribution in [0.1, 0.15) is 5.56 Å². The zero-order chi connectivity index (χ0) is 14.5. The van der Waals surface area contributed by atoms with Gasteiger partial charge in [0.1, 0.15) is 0 Å². The lowest BCUT2D eigenvalue weighted by molar-refractivity contribution is -0.0989. The number of hydrogen-bond acceptors (Lipinski definition) is 5. The molecule has 0 saturated heterocycles. The molecule has 0 radical (unpaired) electrons. The van der Waals surface area contributed by atoms with Crippen LogP contribution in [-0.4, -0.2) is 41.7 Å². The van der Waals surface area contributed by atoms with E-state index in [2.05, 4.69) is 5.32 Å². The molecule has 0 bridgehead atoms. The van der Waals surface area contributed by atoms with Crippen LogP contribution >= 0.6 is 11.6 Å². The third kappa shape index (κ3) is 4.74. The van der Waals surface area contributed by atoms with Crippen molar-refractivity contribution in [3.8, 4) is 0 Å². The van der Waals surface area contributed by atoms with Gasteiger partial charge in [-0.1, -0.05) is 17.7 Å². The molecule has 19 heavy (non-hydrogen) atoms. The van der Waals surface area contributed by atoms with Crippen LogP contribution in [0.3, 0.4) is 0 Å². The van der Waals surface area contributed by atoms with Crippen molar-refractivity contribution in [2.75, 3.05) is 27.0 Å². The summed E-state index contributed by atoms with van der Waals surface area (Å²) < 4.78 is 33.4.